The molecule has 136 valence electrons. The number of amides is 3. The predicted molar refractivity (Wildman–Crippen MR) is 106 cm³/mol. The molecule has 1 aliphatic rings. The molecule has 3 aromatic rings. The fraction of sp³-hybridized carbons (Fsp3) is 0.182. The smallest absolute Gasteiger partial charge is 0.328 e. The first kappa shape index (κ1) is 17.1. The maximum absolute atomic E-state index is 12.5. The number of rotatable bonds is 4. The van der Waals surface area contributed by atoms with E-state index >= 15 is 0 Å². The molecule has 0 aliphatic carbocycles. The van der Waals surface area contributed by atoms with E-state index in [1.165, 1.54) is 10.5 Å². The molecule has 2 heterocycles. The summed E-state index contributed by atoms with van der Waals surface area (Å²) in [4.78, 5) is 25.6. The standard InChI is InChI=1S/C22H21N3O2/c1-3-24-21(26)19(23-22(24)27)13-18-15(2)25(14-16-9-5-4-6-10-16)20-12-8-7-11-17(18)20/h4-13H,3,14H2,1-2H3,(H,23,27)/b19-13+. The lowest BCUT2D eigenvalue weighted by atomic mass is 10.1. The van der Waals surface area contributed by atoms with Crippen molar-refractivity contribution in [2.45, 2.75) is 20.4 Å². The maximum Gasteiger partial charge on any atom is 0.328 e. The number of para-hydroxylation sites is 1. The summed E-state index contributed by atoms with van der Waals surface area (Å²) in [7, 11) is 0. The molecule has 1 saturated heterocycles. The van der Waals surface area contributed by atoms with Gasteiger partial charge in [-0.2, -0.15) is 0 Å². The lowest BCUT2D eigenvalue weighted by Crippen LogP contribution is -2.30. The van der Waals surface area contributed by atoms with E-state index in [1.807, 2.05) is 37.3 Å². The normalized spacial score (nSPS) is 15.8. The summed E-state index contributed by atoms with van der Waals surface area (Å²) in [5, 5.41) is 3.76. The van der Waals surface area contributed by atoms with Crippen LogP contribution in [0.5, 0.6) is 0 Å². The first-order valence-electron chi connectivity index (χ1n) is 9.06. The third-order valence-electron chi connectivity index (χ3n) is 5.03. The Bertz CT molecular complexity index is 1060. The minimum atomic E-state index is -0.362. The van der Waals surface area contributed by atoms with Crippen LogP contribution in [-0.2, 0) is 11.3 Å². The van der Waals surface area contributed by atoms with Gasteiger partial charge in [0.05, 0.1) is 0 Å². The Kier molecular flexibility index (Phi) is 4.28. The number of nitrogens with one attached hydrogen (secondary N) is 1. The Morgan fingerprint density at radius 2 is 1.70 bits per heavy atom. The van der Waals surface area contributed by atoms with Gasteiger partial charge in [-0.05, 0) is 31.6 Å². The SMILES string of the molecule is CCN1C(=O)N/C(=C/c2c(C)n(Cc3ccccc3)c3ccccc23)C1=O. The molecule has 1 N–H and O–H groups in total. The lowest BCUT2D eigenvalue weighted by Gasteiger charge is -2.08. The molecule has 0 unspecified atom stereocenters. The van der Waals surface area contributed by atoms with E-state index in [4.69, 9.17) is 0 Å². The van der Waals surface area contributed by atoms with Gasteiger partial charge >= 0.3 is 6.03 Å². The van der Waals surface area contributed by atoms with Crippen LogP contribution >= 0.6 is 0 Å². The number of aromatic nitrogens is 1. The molecule has 27 heavy (non-hydrogen) atoms. The fourth-order valence-electron chi connectivity index (χ4n) is 3.61. The van der Waals surface area contributed by atoms with Gasteiger partial charge in [0.1, 0.15) is 5.70 Å². The third-order valence-corrected chi connectivity index (χ3v) is 5.03. The number of carbonyl (C=O) groups excluding carboxylic acids is 2. The Hall–Kier alpha value is -3.34. The van der Waals surface area contributed by atoms with Crippen molar-refractivity contribution in [3.05, 3.63) is 77.1 Å². The number of hydrogen-bond acceptors (Lipinski definition) is 2. The van der Waals surface area contributed by atoms with E-state index in [9.17, 15) is 9.59 Å². The Morgan fingerprint density at radius 1 is 1.00 bits per heavy atom. The first-order valence-corrected chi connectivity index (χ1v) is 9.06. The fourth-order valence-corrected chi connectivity index (χ4v) is 3.61. The molecule has 5 nitrogen and oxygen atoms in total. The number of imide groups is 1. The zero-order valence-corrected chi connectivity index (χ0v) is 15.4. The van der Waals surface area contributed by atoms with Crippen molar-refractivity contribution in [1.29, 1.82) is 0 Å². The van der Waals surface area contributed by atoms with Gasteiger partial charge in [-0.15, -0.1) is 0 Å². The van der Waals surface area contributed by atoms with Gasteiger partial charge < -0.3 is 9.88 Å². The molecule has 0 bridgehead atoms. The number of benzene rings is 2. The van der Waals surface area contributed by atoms with Crippen LogP contribution in [-0.4, -0.2) is 28.0 Å². The summed E-state index contributed by atoms with van der Waals surface area (Å²) in [6, 6.07) is 18.1. The van der Waals surface area contributed by atoms with Crippen LogP contribution in [0.3, 0.4) is 0 Å². The Morgan fingerprint density at radius 3 is 2.41 bits per heavy atom. The molecular weight excluding hydrogens is 338 g/mol. The molecule has 0 radical (unpaired) electrons. The van der Waals surface area contributed by atoms with Gasteiger partial charge in [-0.1, -0.05) is 48.5 Å². The second-order valence-corrected chi connectivity index (χ2v) is 6.63. The summed E-state index contributed by atoms with van der Waals surface area (Å²) in [5.74, 6) is -0.276. The Balaban J connectivity index is 1.83. The topological polar surface area (TPSA) is 54.3 Å². The van der Waals surface area contributed by atoms with Gasteiger partial charge in [0.2, 0.25) is 0 Å². The molecule has 5 heteroatoms. The molecule has 0 spiro atoms. The molecular formula is C22H21N3O2. The zero-order chi connectivity index (χ0) is 19.0. The summed E-state index contributed by atoms with van der Waals surface area (Å²) < 4.78 is 2.25. The van der Waals surface area contributed by atoms with E-state index in [2.05, 4.69) is 34.1 Å². The van der Waals surface area contributed by atoms with E-state index < -0.39 is 0 Å². The molecule has 1 fully saturated rings. The molecule has 0 saturated carbocycles. The first-order chi connectivity index (χ1) is 13.1. The molecule has 4 rings (SSSR count). The molecule has 0 atom stereocenters. The predicted octanol–water partition coefficient (Wildman–Crippen LogP) is 3.91. The van der Waals surface area contributed by atoms with Crippen LogP contribution in [0.4, 0.5) is 4.79 Å². The summed E-state index contributed by atoms with van der Waals surface area (Å²) in [5.41, 5.74) is 4.66. The van der Waals surface area contributed by atoms with Gasteiger partial charge in [0.15, 0.2) is 0 Å². The van der Waals surface area contributed by atoms with E-state index in [1.54, 1.807) is 13.0 Å². The third kappa shape index (κ3) is 2.91. The number of hydrogen-bond donors (Lipinski definition) is 1. The van der Waals surface area contributed by atoms with Crippen LogP contribution in [0.25, 0.3) is 17.0 Å². The minimum Gasteiger partial charge on any atom is -0.340 e. The molecule has 1 aliphatic heterocycles. The summed E-state index contributed by atoms with van der Waals surface area (Å²) in [6.45, 7) is 4.94. The van der Waals surface area contributed by atoms with E-state index in [0.717, 1.165) is 28.7 Å². The number of nitrogens with zero attached hydrogens (tertiary/aromatic N) is 2. The van der Waals surface area contributed by atoms with Crippen LogP contribution in [0.2, 0.25) is 0 Å². The number of urea groups is 1. The highest BCUT2D eigenvalue weighted by atomic mass is 16.2. The second kappa shape index (κ2) is 6.76. The maximum atomic E-state index is 12.5. The molecule has 2 aromatic carbocycles. The van der Waals surface area contributed by atoms with Crippen molar-refractivity contribution < 1.29 is 9.59 Å². The van der Waals surface area contributed by atoms with Crippen LogP contribution < -0.4 is 5.32 Å². The van der Waals surface area contributed by atoms with Crippen molar-refractivity contribution in [1.82, 2.24) is 14.8 Å². The number of likely N-dealkylation sites (N-methyl/N-ethyl adjacent to an activating group) is 1. The van der Waals surface area contributed by atoms with Gasteiger partial charge in [-0.3, -0.25) is 9.69 Å². The van der Waals surface area contributed by atoms with Crippen LogP contribution in [0.1, 0.15) is 23.7 Å². The number of carbonyl (C=O) groups is 2. The highest BCUT2D eigenvalue weighted by Crippen LogP contribution is 2.29. The van der Waals surface area contributed by atoms with E-state index in [0.29, 0.717) is 12.2 Å². The monoisotopic (exact) mass is 359 g/mol. The zero-order valence-electron chi connectivity index (χ0n) is 15.4. The van der Waals surface area contributed by atoms with Crippen molar-refractivity contribution >= 4 is 28.9 Å². The van der Waals surface area contributed by atoms with Crippen molar-refractivity contribution in [2.24, 2.45) is 0 Å². The highest BCUT2D eigenvalue weighted by molar-refractivity contribution is 6.14. The second-order valence-electron chi connectivity index (χ2n) is 6.63. The van der Waals surface area contributed by atoms with Gasteiger partial charge in [-0.25, -0.2) is 4.79 Å². The quantitative estimate of drug-likeness (QED) is 0.567. The van der Waals surface area contributed by atoms with E-state index in [-0.39, 0.29) is 11.9 Å². The number of fused-ring (bicyclic) bond motifs is 1. The average Bonchev–Trinajstić information content (AvgIpc) is 3.11. The van der Waals surface area contributed by atoms with Gasteiger partial charge in [0.25, 0.3) is 5.91 Å². The highest BCUT2D eigenvalue weighted by Gasteiger charge is 2.32. The molecule has 3 amide bonds. The minimum absolute atomic E-state index is 0.276. The van der Waals surface area contributed by atoms with Crippen molar-refractivity contribution in [3.63, 3.8) is 0 Å². The summed E-state index contributed by atoms with van der Waals surface area (Å²) >= 11 is 0. The largest absolute Gasteiger partial charge is 0.340 e. The van der Waals surface area contributed by atoms with Crippen LogP contribution in [0.15, 0.2) is 60.3 Å². The van der Waals surface area contributed by atoms with Crippen molar-refractivity contribution in [3.8, 4) is 0 Å². The lowest BCUT2D eigenvalue weighted by molar-refractivity contribution is -0.122. The van der Waals surface area contributed by atoms with Gasteiger partial charge in [0, 0.05) is 35.2 Å². The van der Waals surface area contributed by atoms with Crippen molar-refractivity contribution in [2.75, 3.05) is 6.54 Å². The Labute approximate surface area is 157 Å². The van der Waals surface area contributed by atoms with Crippen LogP contribution in [0, 0.1) is 6.92 Å². The molecule has 1 aromatic heterocycles. The summed E-state index contributed by atoms with van der Waals surface area (Å²) in [6.07, 6.45) is 1.80. The average molecular weight is 359 g/mol.